The van der Waals surface area contributed by atoms with Crippen molar-refractivity contribution in [1.82, 2.24) is 20.1 Å². The van der Waals surface area contributed by atoms with Crippen LogP contribution in [0.2, 0.25) is 0 Å². The molecule has 1 N–H and O–H groups in total. The Morgan fingerprint density at radius 2 is 2.14 bits per heavy atom. The first kappa shape index (κ1) is 16.5. The monoisotopic (exact) mass is 292 g/mol. The van der Waals surface area contributed by atoms with Gasteiger partial charge < -0.3 is 5.32 Å². The van der Waals surface area contributed by atoms with Gasteiger partial charge in [-0.25, -0.2) is 4.98 Å². The van der Waals surface area contributed by atoms with E-state index in [0.29, 0.717) is 5.41 Å². The number of aromatic nitrogens is 3. The van der Waals surface area contributed by atoms with Crippen LogP contribution in [0.1, 0.15) is 59.2 Å². The highest BCUT2D eigenvalue weighted by Gasteiger charge is 2.35. The van der Waals surface area contributed by atoms with Gasteiger partial charge in [0.2, 0.25) is 0 Å². The maximum absolute atomic E-state index is 4.52. The quantitative estimate of drug-likeness (QED) is 0.838. The molecule has 2 unspecified atom stereocenters. The second kappa shape index (κ2) is 7.39. The van der Waals surface area contributed by atoms with Crippen molar-refractivity contribution in [2.45, 2.75) is 66.3 Å². The number of hydrogen-bond donors (Lipinski definition) is 1. The van der Waals surface area contributed by atoms with E-state index in [1.807, 2.05) is 0 Å². The lowest BCUT2D eigenvalue weighted by Gasteiger charge is -2.41. The molecule has 1 aliphatic carbocycles. The van der Waals surface area contributed by atoms with Gasteiger partial charge in [0.25, 0.3) is 0 Å². The number of nitrogens with one attached hydrogen (secondary N) is 1. The molecule has 1 aromatic heterocycles. The zero-order valence-electron chi connectivity index (χ0n) is 14.2. The van der Waals surface area contributed by atoms with Crippen LogP contribution in [0.25, 0.3) is 0 Å². The molecule has 2 rings (SSSR count). The molecule has 1 aliphatic rings. The maximum Gasteiger partial charge on any atom is 0.138 e. The third-order valence-corrected chi connectivity index (χ3v) is 4.91. The fraction of sp³-hybridized carbons (Fsp3) is 0.882. The van der Waals surface area contributed by atoms with Crippen molar-refractivity contribution in [2.24, 2.45) is 17.3 Å². The first-order valence-corrected chi connectivity index (χ1v) is 8.63. The highest BCUT2D eigenvalue weighted by molar-refractivity contribution is 4.94. The molecule has 1 fully saturated rings. The molecule has 0 radical (unpaired) electrons. The molecule has 0 aromatic carbocycles. The van der Waals surface area contributed by atoms with E-state index >= 15 is 0 Å². The summed E-state index contributed by atoms with van der Waals surface area (Å²) in [7, 11) is 0. The van der Waals surface area contributed by atoms with Crippen LogP contribution in [0.15, 0.2) is 6.33 Å². The summed E-state index contributed by atoms with van der Waals surface area (Å²) in [5, 5.41) is 7.94. The fourth-order valence-electron chi connectivity index (χ4n) is 3.71. The lowest BCUT2D eigenvalue weighted by Crippen LogP contribution is -2.37. The molecular formula is C17H32N4. The van der Waals surface area contributed by atoms with Crippen LogP contribution in [0.5, 0.6) is 0 Å². The third kappa shape index (κ3) is 4.53. The minimum atomic E-state index is 0.475. The molecule has 1 saturated carbocycles. The minimum Gasteiger partial charge on any atom is -0.317 e. The number of nitrogens with zero attached hydrogens (tertiary/aromatic N) is 3. The van der Waals surface area contributed by atoms with Crippen molar-refractivity contribution in [1.29, 1.82) is 0 Å². The summed E-state index contributed by atoms with van der Waals surface area (Å²) >= 11 is 0. The summed E-state index contributed by atoms with van der Waals surface area (Å²) in [4.78, 5) is 4.52. The van der Waals surface area contributed by atoms with E-state index in [1.54, 1.807) is 6.33 Å². The van der Waals surface area contributed by atoms with E-state index in [-0.39, 0.29) is 0 Å². The molecule has 0 aliphatic heterocycles. The summed E-state index contributed by atoms with van der Waals surface area (Å²) in [5.41, 5.74) is 0.475. The van der Waals surface area contributed by atoms with Crippen molar-refractivity contribution in [3.05, 3.63) is 12.2 Å². The summed E-state index contributed by atoms with van der Waals surface area (Å²) in [5.74, 6) is 2.69. The smallest absolute Gasteiger partial charge is 0.138 e. The Morgan fingerprint density at radius 3 is 2.86 bits per heavy atom. The minimum absolute atomic E-state index is 0.475. The third-order valence-electron chi connectivity index (χ3n) is 4.91. The van der Waals surface area contributed by atoms with E-state index in [9.17, 15) is 0 Å². The Balaban J connectivity index is 2.06. The van der Waals surface area contributed by atoms with Gasteiger partial charge in [-0.05, 0) is 56.0 Å². The number of aryl methyl sites for hydroxylation is 1. The van der Waals surface area contributed by atoms with Crippen LogP contribution in [0.3, 0.4) is 0 Å². The predicted octanol–water partition coefficient (Wildman–Crippen LogP) is 3.28. The predicted molar refractivity (Wildman–Crippen MR) is 87.2 cm³/mol. The van der Waals surface area contributed by atoms with Crippen LogP contribution in [0.4, 0.5) is 0 Å². The van der Waals surface area contributed by atoms with Crippen molar-refractivity contribution in [3.8, 4) is 0 Å². The van der Waals surface area contributed by atoms with Gasteiger partial charge in [-0.15, -0.1) is 0 Å². The van der Waals surface area contributed by atoms with Crippen molar-refractivity contribution in [2.75, 3.05) is 13.1 Å². The van der Waals surface area contributed by atoms with E-state index < -0.39 is 0 Å². The average Bonchev–Trinajstić information content (AvgIpc) is 2.85. The van der Waals surface area contributed by atoms with Gasteiger partial charge in [-0.2, -0.15) is 5.10 Å². The zero-order valence-corrected chi connectivity index (χ0v) is 14.2. The Morgan fingerprint density at radius 1 is 1.33 bits per heavy atom. The molecule has 0 bridgehead atoms. The molecule has 0 saturated heterocycles. The van der Waals surface area contributed by atoms with Crippen LogP contribution in [0, 0.1) is 17.3 Å². The van der Waals surface area contributed by atoms with Crippen molar-refractivity contribution in [3.63, 3.8) is 0 Å². The molecular weight excluding hydrogens is 260 g/mol. The number of hydrogen-bond acceptors (Lipinski definition) is 3. The summed E-state index contributed by atoms with van der Waals surface area (Å²) in [6, 6.07) is 0. The van der Waals surface area contributed by atoms with E-state index in [2.05, 4.69) is 47.8 Å². The Bertz CT molecular complexity index is 424. The van der Waals surface area contributed by atoms with Crippen molar-refractivity contribution < 1.29 is 0 Å². The van der Waals surface area contributed by atoms with Gasteiger partial charge in [0, 0.05) is 13.0 Å². The molecule has 4 nitrogen and oxygen atoms in total. The lowest BCUT2D eigenvalue weighted by atomic mass is 9.66. The lowest BCUT2D eigenvalue weighted by molar-refractivity contribution is 0.114. The van der Waals surface area contributed by atoms with Crippen LogP contribution in [-0.4, -0.2) is 27.9 Å². The highest BCUT2D eigenvalue weighted by Crippen LogP contribution is 2.42. The van der Waals surface area contributed by atoms with Gasteiger partial charge in [0.1, 0.15) is 12.2 Å². The first-order chi connectivity index (χ1) is 10.1. The molecule has 0 amide bonds. The van der Waals surface area contributed by atoms with Crippen LogP contribution >= 0.6 is 0 Å². The van der Waals surface area contributed by atoms with Gasteiger partial charge in [-0.3, -0.25) is 4.68 Å². The fourth-order valence-corrected chi connectivity index (χ4v) is 3.71. The normalized spacial score (nSPS) is 25.1. The Kier molecular flexibility index (Phi) is 5.80. The van der Waals surface area contributed by atoms with Crippen LogP contribution < -0.4 is 5.32 Å². The Hall–Kier alpha value is -0.900. The second-order valence-electron chi connectivity index (χ2n) is 7.34. The zero-order chi connectivity index (χ0) is 15.3. The van der Waals surface area contributed by atoms with Crippen LogP contribution in [-0.2, 0) is 13.0 Å². The van der Waals surface area contributed by atoms with Crippen molar-refractivity contribution >= 4 is 0 Å². The average molecular weight is 292 g/mol. The number of rotatable bonds is 7. The topological polar surface area (TPSA) is 42.7 Å². The standard InChI is InChI=1S/C17H32N4/c1-5-9-21-16(19-13-20-21)10-15-11-17(3,4)8-7-14(15)12-18-6-2/h13-15,18H,5-12H2,1-4H3. The Labute approximate surface area is 129 Å². The SMILES string of the molecule is CCCn1ncnc1CC1CC(C)(C)CCC1CNCC. The van der Waals surface area contributed by atoms with E-state index in [1.165, 1.54) is 25.1 Å². The van der Waals surface area contributed by atoms with Gasteiger partial charge >= 0.3 is 0 Å². The molecule has 4 heteroatoms. The molecule has 1 heterocycles. The first-order valence-electron chi connectivity index (χ1n) is 8.63. The summed E-state index contributed by atoms with van der Waals surface area (Å²) < 4.78 is 2.10. The van der Waals surface area contributed by atoms with Gasteiger partial charge in [0.05, 0.1) is 0 Å². The van der Waals surface area contributed by atoms with E-state index in [4.69, 9.17) is 0 Å². The van der Waals surface area contributed by atoms with E-state index in [0.717, 1.165) is 44.3 Å². The van der Waals surface area contributed by atoms with Gasteiger partial charge in [-0.1, -0.05) is 27.7 Å². The molecule has 120 valence electrons. The highest BCUT2D eigenvalue weighted by atomic mass is 15.3. The molecule has 2 atom stereocenters. The molecule has 1 aromatic rings. The molecule has 0 spiro atoms. The second-order valence-corrected chi connectivity index (χ2v) is 7.34. The largest absolute Gasteiger partial charge is 0.317 e. The molecule has 21 heavy (non-hydrogen) atoms. The maximum atomic E-state index is 4.52. The summed E-state index contributed by atoms with van der Waals surface area (Å²) in [6.07, 6.45) is 7.92. The van der Waals surface area contributed by atoms with Gasteiger partial charge in [0.15, 0.2) is 0 Å². The summed E-state index contributed by atoms with van der Waals surface area (Å²) in [6.45, 7) is 12.4.